The largest absolute Gasteiger partial charge is 0.369 e. The predicted molar refractivity (Wildman–Crippen MR) is 83.1 cm³/mol. The molecule has 0 radical (unpaired) electrons. The monoisotopic (exact) mass is 271 g/mol. The molecule has 0 saturated heterocycles. The number of hydrogen-bond acceptors (Lipinski definition) is 3. The van der Waals surface area contributed by atoms with Crippen molar-refractivity contribution in [1.82, 2.24) is 5.32 Å². The third kappa shape index (κ3) is 4.65. The van der Waals surface area contributed by atoms with Gasteiger partial charge < -0.3 is 11.1 Å². The molecule has 0 unspecified atom stereocenters. The first kappa shape index (κ1) is 15.6. The lowest BCUT2D eigenvalue weighted by Gasteiger charge is -2.20. The van der Waals surface area contributed by atoms with Crippen LogP contribution in [-0.4, -0.2) is 12.5 Å². The Morgan fingerprint density at radius 1 is 1.45 bits per heavy atom. The predicted octanol–water partition coefficient (Wildman–Crippen LogP) is 2.34. The minimum absolute atomic E-state index is 0.176. The fourth-order valence-corrected chi connectivity index (χ4v) is 1.79. The van der Waals surface area contributed by atoms with E-state index in [1.807, 2.05) is 6.92 Å². The van der Waals surface area contributed by atoms with Crippen LogP contribution in [0.15, 0.2) is 40.5 Å². The summed E-state index contributed by atoms with van der Waals surface area (Å²) in [5, 5.41) is 13.5. The molecule has 1 aromatic carbocycles. The maximum Gasteiger partial charge on any atom is 0.202 e. The third-order valence-corrected chi connectivity index (χ3v) is 2.95. The van der Waals surface area contributed by atoms with Gasteiger partial charge in [0.1, 0.15) is 0 Å². The maximum atomic E-state index is 7.94. The average molecular weight is 271 g/mol. The highest BCUT2D eigenvalue weighted by Crippen LogP contribution is 2.26. The summed E-state index contributed by atoms with van der Waals surface area (Å²) in [5.74, 6) is 0.176. The first-order chi connectivity index (χ1) is 9.58. The molecule has 0 saturated carbocycles. The van der Waals surface area contributed by atoms with Crippen LogP contribution in [0.25, 0.3) is 0 Å². The summed E-state index contributed by atoms with van der Waals surface area (Å²) in [5.41, 5.74) is 10.5. The van der Waals surface area contributed by atoms with E-state index in [-0.39, 0.29) is 5.96 Å². The lowest BCUT2D eigenvalue weighted by atomic mass is 9.99. The lowest BCUT2D eigenvalue weighted by molar-refractivity contribution is 1.05. The van der Waals surface area contributed by atoms with Crippen molar-refractivity contribution in [3.05, 3.63) is 41.1 Å². The fourth-order valence-electron chi connectivity index (χ4n) is 1.79. The summed E-state index contributed by atoms with van der Waals surface area (Å²) in [7, 11) is 0. The number of rotatable bonds is 1. The van der Waals surface area contributed by atoms with Gasteiger partial charge in [-0.15, -0.1) is 0 Å². The Morgan fingerprint density at radius 2 is 2.15 bits per heavy atom. The number of hydrogen-bond donors (Lipinski definition) is 3. The van der Waals surface area contributed by atoms with Crippen molar-refractivity contribution >= 4 is 11.6 Å². The standard InChI is InChI=1S/C11H13N.C4H8N4/c1-8-7-10-5-3-4-6-11(10)12-9(8)2;1-2-7-4(6)8-3-5/h3-6,12H,7H2,1-2H3;2H2,1H3,(H3,6,7,8). The van der Waals surface area contributed by atoms with E-state index in [2.05, 4.69) is 53.7 Å². The molecule has 0 spiro atoms. The van der Waals surface area contributed by atoms with Crippen LogP contribution in [0, 0.1) is 11.5 Å². The summed E-state index contributed by atoms with van der Waals surface area (Å²) in [6.45, 7) is 6.75. The molecule has 1 heterocycles. The molecule has 0 aliphatic carbocycles. The molecule has 0 aromatic heterocycles. The minimum Gasteiger partial charge on any atom is -0.369 e. The Balaban J connectivity index is 0.000000221. The lowest BCUT2D eigenvalue weighted by Crippen LogP contribution is -2.27. The summed E-state index contributed by atoms with van der Waals surface area (Å²) in [4.78, 5) is 3.68. The number of para-hydroxylation sites is 1. The zero-order valence-corrected chi connectivity index (χ0v) is 12.2. The molecule has 5 nitrogen and oxygen atoms in total. The molecule has 2 rings (SSSR count). The number of benzene rings is 1. The Labute approximate surface area is 120 Å². The Bertz CT molecular complexity index is 519. The van der Waals surface area contributed by atoms with Gasteiger partial charge in [0, 0.05) is 17.9 Å². The van der Waals surface area contributed by atoms with Crippen LogP contribution >= 0.6 is 0 Å². The van der Waals surface area contributed by atoms with Gasteiger partial charge in [-0.25, -0.2) is 0 Å². The van der Waals surface area contributed by atoms with Gasteiger partial charge in [-0.2, -0.15) is 5.26 Å². The number of nitrogens with zero attached hydrogens (tertiary/aromatic N) is 2. The van der Waals surface area contributed by atoms with Crippen LogP contribution < -0.4 is 16.4 Å². The van der Waals surface area contributed by atoms with E-state index < -0.39 is 0 Å². The SMILES string of the molecule is CC1=C(C)Nc2ccccc2C1.CCN=C(N)NC#N. The molecule has 0 bridgehead atoms. The molecule has 5 heteroatoms. The zero-order chi connectivity index (χ0) is 15.0. The zero-order valence-electron chi connectivity index (χ0n) is 12.2. The molecule has 4 N–H and O–H groups in total. The van der Waals surface area contributed by atoms with Crippen molar-refractivity contribution in [2.75, 3.05) is 11.9 Å². The highest BCUT2D eigenvalue weighted by Gasteiger charge is 2.09. The normalized spacial score (nSPS) is 13.4. The number of nitrogens with two attached hydrogens (primary N) is 1. The van der Waals surface area contributed by atoms with Crippen molar-refractivity contribution in [1.29, 1.82) is 5.26 Å². The minimum atomic E-state index is 0.176. The van der Waals surface area contributed by atoms with Gasteiger partial charge in [0.2, 0.25) is 5.96 Å². The van der Waals surface area contributed by atoms with Crippen molar-refractivity contribution < 1.29 is 0 Å². The van der Waals surface area contributed by atoms with Gasteiger partial charge >= 0.3 is 0 Å². The van der Waals surface area contributed by atoms with Crippen LogP contribution in [0.4, 0.5) is 5.69 Å². The molecule has 0 atom stereocenters. The number of fused-ring (bicyclic) bond motifs is 1. The quantitative estimate of drug-likeness (QED) is 0.317. The summed E-state index contributed by atoms with van der Waals surface area (Å²) >= 11 is 0. The van der Waals surface area contributed by atoms with Gasteiger partial charge in [0.15, 0.2) is 6.19 Å². The molecular weight excluding hydrogens is 250 g/mol. The van der Waals surface area contributed by atoms with E-state index in [1.165, 1.54) is 22.5 Å². The highest BCUT2D eigenvalue weighted by molar-refractivity contribution is 5.79. The first-order valence-corrected chi connectivity index (χ1v) is 6.54. The van der Waals surface area contributed by atoms with E-state index in [4.69, 9.17) is 11.0 Å². The number of aliphatic imine (C=N–C) groups is 1. The van der Waals surface area contributed by atoms with E-state index in [1.54, 1.807) is 6.19 Å². The van der Waals surface area contributed by atoms with E-state index in [9.17, 15) is 0 Å². The second-order valence-electron chi connectivity index (χ2n) is 4.46. The number of nitrogens with one attached hydrogen (secondary N) is 2. The molecule has 0 fully saturated rings. The topological polar surface area (TPSA) is 86.2 Å². The Kier molecular flexibility index (Phi) is 6.11. The van der Waals surface area contributed by atoms with Gasteiger partial charge in [-0.05, 0) is 44.4 Å². The number of nitriles is 1. The average Bonchev–Trinajstić information content (AvgIpc) is 2.41. The Hall–Kier alpha value is -2.48. The summed E-state index contributed by atoms with van der Waals surface area (Å²) < 4.78 is 0. The van der Waals surface area contributed by atoms with Gasteiger partial charge in [-0.1, -0.05) is 18.2 Å². The van der Waals surface area contributed by atoms with E-state index in [0.717, 1.165) is 6.42 Å². The molecule has 1 aromatic rings. The molecule has 20 heavy (non-hydrogen) atoms. The molecule has 1 aliphatic rings. The van der Waals surface area contributed by atoms with Crippen LogP contribution in [0.1, 0.15) is 26.3 Å². The van der Waals surface area contributed by atoms with Gasteiger partial charge in [-0.3, -0.25) is 10.3 Å². The van der Waals surface area contributed by atoms with Crippen molar-refractivity contribution in [2.45, 2.75) is 27.2 Å². The smallest absolute Gasteiger partial charge is 0.202 e. The molecule has 1 aliphatic heterocycles. The number of anilines is 1. The van der Waals surface area contributed by atoms with Gasteiger partial charge in [0.25, 0.3) is 0 Å². The third-order valence-electron chi connectivity index (χ3n) is 2.95. The highest BCUT2D eigenvalue weighted by atomic mass is 15.1. The summed E-state index contributed by atoms with van der Waals surface area (Å²) in [6.07, 6.45) is 2.74. The first-order valence-electron chi connectivity index (χ1n) is 6.54. The van der Waals surface area contributed by atoms with Crippen molar-refractivity contribution in [2.24, 2.45) is 10.7 Å². The molecule has 0 amide bonds. The van der Waals surface area contributed by atoms with E-state index >= 15 is 0 Å². The second-order valence-corrected chi connectivity index (χ2v) is 4.46. The summed E-state index contributed by atoms with van der Waals surface area (Å²) in [6, 6.07) is 8.47. The maximum absolute atomic E-state index is 7.94. The van der Waals surface area contributed by atoms with Crippen LogP contribution in [0.5, 0.6) is 0 Å². The van der Waals surface area contributed by atoms with Crippen molar-refractivity contribution in [3.8, 4) is 6.19 Å². The van der Waals surface area contributed by atoms with Crippen LogP contribution in [0.3, 0.4) is 0 Å². The Morgan fingerprint density at radius 3 is 2.80 bits per heavy atom. The van der Waals surface area contributed by atoms with E-state index in [0.29, 0.717) is 6.54 Å². The number of guanidine groups is 1. The number of allylic oxidation sites excluding steroid dienone is 2. The van der Waals surface area contributed by atoms with Crippen LogP contribution in [0.2, 0.25) is 0 Å². The fraction of sp³-hybridized carbons (Fsp3) is 0.333. The van der Waals surface area contributed by atoms with Crippen molar-refractivity contribution in [3.63, 3.8) is 0 Å². The molecule has 106 valence electrons. The molecular formula is C15H21N5. The van der Waals surface area contributed by atoms with Gasteiger partial charge in [0.05, 0.1) is 0 Å². The second kappa shape index (κ2) is 7.85. The van der Waals surface area contributed by atoms with Crippen LogP contribution in [-0.2, 0) is 6.42 Å².